The number of carbonyl (C=O) groups is 1. The number of amides is 1. The van der Waals surface area contributed by atoms with Crippen molar-refractivity contribution in [2.75, 3.05) is 6.54 Å². The molecule has 2 nitrogen and oxygen atoms in total. The normalized spacial score (nSPS) is 12.2. The molecule has 1 aromatic carbocycles. The van der Waals surface area contributed by atoms with Gasteiger partial charge in [0.25, 0.3) is 5.91 Å². The summed E-state index contributed by atoms with van der Waals surface area (Å²) in [4.78, 5) is 12.4. The average molecular weight is 475 g/mol. The minimum Gasteiger partial charge on any atom is -0.352 e. The topological polar surface area (TPSA) is 29.1 Å². The first-order valence-electron chi connectivity index (χ1n) is 5.38. The van der Waals surface area contributed by atoms with E-state index >= 15 is 0 Å². The van der Waals surface area contributed by atoms with Crippen LogP contribution < -0.4 is 5.32 Å². The lowest BCUT2D eigenvalue weighted by Gasteiger charge is -2.08. The Labute approximate surface area is 132 Å². The largest absolute Gasteiger partial charge is 0.352 e. The molecular weight excluding hydrogens is 461 g/mol. The van der Waals surface area contributed by atoms with Crippen molar-refractivity contribution in [1.29, 1.82) is 0 Å². The summed E-state index contributed by atoms with van der Waals surface area (Å²) in [6.45, 7) is 2.82. The summed E-state index contributed by atoms with van der Waals surface area (Å²) >= 11 is 9.08. The van der Waals surface area contributed by atoms with Crippen LogP contribution in [0.1, 0.15) is 30.1 Å². The molecular formula is C12H14Br2INO. The minimum atomic E-state index is -0.0161. The third-order valence-corrected chi connectivity index (χ3v) is 4.06. The van der Waals surface area contributed by atoms with Gasteiger partial charge in [-0.1, -0.05) is 22.9 Å². The standard InChI is InChI=1S/C12H14Br2INO/c1-8(13)3-2-6-16-12(17)10-7-9(15)4-5-11(10)14/h4-5,7-8H,2-3,6H2,1H3,(H,16,17). The zero-order valence-corrected chi connectivity index (χ0v) is 14.8. The van der Waals surface area contributed by atoms with Gasteiger partial charge in [0.05, 0.1) is 5.56 Å². The van der Waals surface area contributed by atoms with Crippen LogP contribution in [-0.4, -0.2) is 17.3 Å². The molecule has 1 N–H and O–H groups in total. The molecule has 0 aliphatic carbocycles. The molecule has 0 spiro atoms. The van der Waals surface area contributed by atoms with Crippen molar-refractivity contribution >= 4 is 60.4 Å². The van der Waals surface area contributed by atoms with E-state index in [0.717, 1.165) is 20.9 Å². The fourth-order valence-electron chi connectivity index (χ4n) is 1.35. The Bertz CT molecular complexity index is 396. The van der Waals surface area contributed by atoms with Crippen LogP contribution in [0.15, 0.2) is 22.7 Å². The first kappa shape index (κ1) is 15.4. The highest BCUT2D eigenvalue weighted by Crippen LogP contribution is 2.19. The van der Waals surface area contributed by atoms with Gasteiger partial charge in [0.2, 0.25) is 0 Å². The predicted octanol–water partition coefficient (Wildman–Crippen LogP) is 4.35. The van der Waals surface area contributed by atoms with Crippen LogP contribution in [0, 0.1) is 3.57 Å². The van der Waals surface area contributed by atoms with Gasteiger partial charge in [-0.25, -0.2) is 0 Å². The lowest BCUT2D eigenvalue weighted by Crippen LogP contribution is -2.25. The highest BCUT2D eigenvalue weighted by atomic mass is 127. The second kappa shape index (κ2) is 7.74. The summed E-state index contributed by atoms with van der Waals surface area (Å²) < 4.78 is 1.90. The third-order valence-electron chi connectivity index (χ3n) is 2.24. The smallest absolute Gasteiger partial charge is 0.252 e. The van der Waals surface area contributed by atoms with E-state index in [9.17, 15) is 4.79 Å². The van der Waals surface area contributed by atoms with Crippen molar-refractivity contribution in [3.63, 3.8) is 0 Å². The molecule has 0 radical (unpaired) electrons. The molecule has 1 aromatic rings. The monoisotopic (exact) mass is 473 g/mol. The lowest BCUT2D eigenvalue weighted by molar-refractivity contribution is 0.0952. The van der Waals surface area contributed by atoms with E-state index in [0.29, 0.717) is 16.9 Å². The van der Waals surface area contributed by atoms with Crippen molar-refractivity contribution in [3.05, 3.63) is 31.8 Å². The quantitative estimate of drug-likeness (QED) is 0.384. The number of nitrogens with one attached hydrogen (secondary N) is 1. The Hall–Kier alpha value is 0.380. The van der Waals surface area contributed by atoms with Crippen LogP contribution in [0.3, 0.4) is 0 Å². The Balaban J connectivity index is 2.49. The van der Waals surface area contributed by atoms with E-state index in [1.807, 2.05) is 18.2 Å². The molecule has 0 saturated heterocycles. The van der Waals surface area contributed by atoms with Crippen molar-refractivity contribution in [1.82, 2.24) is 5.32 Å². The summed E-state index contributed by atoms with van der Waals surface area (Å²) in [7, 11) is 0. The molecule has 0 aliphatic heterocycles. The van der Waals surface area contributed by atoms with Gasteiger partial charge >= 0.3 is 0 Å². The summed E-state index contributed by atoms with van der Waals surface area (Å²) in [5.41, 5.74) is 0.698. The molecule has 1 atom stereocenters. The molecule has 0 aliphatic rings. The van der Waals surface area contributed by atoms with E-state index in [2.05, 4.69) is 66.7 Å². The van der Waals surface area contributed by atoms with Gasteiger partial charge in [0.15, 0.2) is 0 Å². The van der Waals surface area contributed by atoms with Crippen LogP contribution in [0.25, 0.3) is 0 Å². The minimum absolute atomic E-state index is 0.0161. The van der Waals surface area contributed by atoms with E-state index in [1.165, 1.54) is 0 Å². The van der Waals surface area contributed by atoms with Crippen LogP contribution in [0.5, 0.6) is 0 Å². The maximum absolute atomic E-state index is 11.9. The first-order valence-corrected chi connectivity index (χ1v) is 8.16. The van der Waals surface area contributed by atoms with Crippen molar-refractivity contribution in [2.45, 2.75) is 24.6 Å². The number of alkyl halides is 1. The third kappa shape index (κ3) is 5.70. The van der Waals surface area contributed by atoms with Gasteiger partial charge in [-0.3, -0.25) is 4.79 Å². The molecule has 0 bridgehead atoms. The molecule has 5 heteroatoms. The lowest BCUT2D eigenvalue weighted by atomic mass is 10.2. The summed E-state index contributed by atoms with van der Waals surface area (Å²) in [6.07, 6.45) is 2.05. The Morgan fingerprint density at radius 3 is 2.88 bits per heavy atom. The van der Waals surface area contributed by atoms with Crippen LogP contribution in [-0.2, 0) is 0 Å². The Morgan fingerprint density at radius 2 is 2.24 bits per heavy atom. The predicted molar refractivity (Wildman–Crippen MR) is 86.8 cm³/mol. The van der Waals surface area contributed by atoms with E-state index < -0.39 is 0 Å². The van der Waals surface area contributed by atoms with E-state index in [4.69, 9.17) is 0 Å². The second-order valence-corrected chi connectivity index (χ2v) is 7.47. The summed E-state index contributed by atoms with van der Waals surface area (Å²) in [5.74, 6) is -0.0161. The summed E-state index contributed by atoms with van der Waals surface area (Å²) in [6, 6.07) is 5.75. The molecule has 1 amide bonds. The molecule has 0 saturated carbocycles. The maximum Gasteiger partial charge on any atom is 0.252 e. The molecule has 17 heavy (non-hydrogen) atoms. The molecule has 94 valence electrons. The first-order chi connectivity index (χ1) is 8.00. The number of hydrogen-bond donors (Lipinski definition) is 1. The van der Waals surface area contributed by atoms with Gasteiger partial charge in [-0.05, 0) is 69.6 Å². The van der Waals surface area contributed by atoms with Crippen LogP contribution in [0.4, 0.5) is 0 Å². The van der Waals surface area contributed by atoms with Gasteiger partial charge < -0.3 is 5.32 Å². The highest BCUT2D eigenvalue weighted by molar-refractivity contribution is 14.1. The van der Waals surface area contributed by atoms with Gasteiger partial charge in [-0.2, -0.15) is 0 Å². The number of rotatable bonds is 5. The second-order valence-electron chi connectivity index (χ2n) is 3.80. The van der Waals surface area contributed by atoms with Gasteiger partial charge in [-0.15, -0.1) is 0 Å². The summed E-state index contributed by atoms with van der Waals surface area (Å²) in [5, 5.41) is 2.93. The van der Waals surface area contributed by atoms with E-state index in [1.54, 1.807) is 0 Å². The van der Waals surface area contributed by atoms with Crippen LogP contribution in [0.2, 0.25) is 0 Å². The molecule has 0 fully saturated rings. The fourth-order valence-corrected chi connectivity index (χ4v) is 2.59. The van der Waals surface area contributed by atoms with Crippen LogP contribution >= 0.6 is 54.5 Å². The Morgan fingerprint density at radius 1 is 1.53 bits per heavy atom. The average Bonchev–Trinajstić information content (AvgIpc) is 2.27. The fraction of sp³-hybridized carbons (Fsp3) is 0.417. The number of halogens is 3. The molecule has 1 rings (SSSR count). The van der Waals surface area contributed by atoms with Crippen molar-refractivity contribution < 1.29 is 4.79 Å². The van der Waals surface area contributed by atoms with Crippen molar-refractivity contribution in [3.8, 4) is 0 Å². The highest BCUT2D eigenvalue weighted by Gasteiger charge is 2.09. The SMILES string of the molecule is CC(Br)CCCNC(=O)c1cc(I)ccc1Br. The van der Waals surface area contributed by atoms with Gasteiger partial charge in [0.1, 0.15) is 0 Å². The zero-order valence-electron chi connectivity index (χ0n) is 9.47. The van der Waals surface area contributed by atoms with E-state index in [-0.39, 0.29) is 5.91 Å². The molecule has 1 unspecified atom stereocenters. The molecule has 0 heterocycles. The number of carbonyl (C=O) groups excluding carboxylic acids is 1. The van der Waals surface area contributed by atoms with Gasteiger partial charge in [0, 0.05) is 19.4 Å². The van der Waals surface area contributed by atoms with Crippen molar-refractivity contribution in [2.24, 2.45) is 0 Å². The maximum atomic E-state index is 11.9. The zero-order chi connectivity index (χ0) is 12.8. The Kier molecular flexibility index (Phi) is 7.02. The molecule has 0 aromatic heterocycles. The number of hydrogen-bond acceptors (Lipinski definition) is 1. The number of benzene rings is 1.